The van der Waals surface area contributed by atoms with E-state index in [1.54, 1.807) is 16.8 Å². The fraction of sp³-hybridized carbons (Fsp3) is 0.185. The zero-order valence-electron chi connectivity index (χ0n) is 20.4. The van der Waals surface area contributed by atoms with E-state index in [4.69, 9.17) is 27.9 Å². The molecule has 0 saturated heterocycles. The number of ether oxygens (including phenoxy) is 1. The van der Waals surface area contributed by atoms with Gasteiger partial charge < -0.3 is 15.4 Å². The average Bonchev–Trinajstić information content (AvgIpc) is 3.32. The quantitative estimate of drug-likeness (QED) is 0.310. The molecule has 1 unspecified atom stereocenters. The number of aryl methyl sites for hydroxylation is 2. The van der Waals surface area contributed by atoms with E-state index in [1.807, 2.05) is 69.3 Å². The van der Waals surface area contributed by atoms with Gasteiger partial charge in [-0.2, -0.15) is 4.68 Å². The van der Waals surface area contributed by atoms with Crippen LogP contribution in [0, 0.1) is 13.8 Å². The SMILES string of the molecule is CC1=C(C(=O)Nc2ccc(C)cc2C)C(c2ccccc2OCc2ccc(Cl)cc2Cl)n2nnnc2N1. The molecule has 1 aliphatic heterocycles. The fourth-order valence-electron chi connectivity index (χ4n) is 4.37. The molecule has 1 atom stereocenters. The number of fused-ring (bicyclic) bond motifs is 1. The van der Waals surface area contributed by atoms with E-state index >= 15 is 0 Å². The molecule has 0 radical (unpaired) electrons. The number of nitrogens with one attached hydrogen (secondary N) is 2. The highest BCUT2D eigenvalue weighted by atomic mass is 35.5. The van der Waals surface area contributed by atoms with Crippen LogP contribution in [-0.4, -0.2) is 26.1 Å². The summed E-state index contributed by atoms with van der Waals surface area (Å²) >= 11 is 12.4. The van der Waals surface area contributed by atoms with Crippen LogP contribution < -0.4 is 15.4 Å². The molecule has 0 aliphatic carbocycles. The summed E-state index contributed by atoms with van der Waals surface area (Å²) in [4.78, 5) is 13.7. The molecular weight excluding hydrogens is 511 g/mol. The average molecular weight is 535 g/mol. The normalized spacial score (nSPS) is 14.7. The fourth-order valence-corrected chi connectivity index (χ4v) is 4.83. The number of para-hydroxylation sites is 1. The van der Waals surface area contributed by atoms with E-state index in [2.05, 4.69) is 26.2 Å². The first kappa shape index (κ1) is 24.8. The summed E-state index contributed by atoms with van der Waals surface area (Å²) in [6.07, 6.45) is 0. The summed E-state index contributed by atoms with van der Waals surface area (Å²) in [5, 5.41) is 19.4. The van der Waals surface area contributed by atoms with Crippen molar-refractivity contribution in [1.82, 2.24) is 20.2 Å². The van der Waals surface area contributed by atoms with Gasteiger partial charge in [0.25, 0.3) is 5.91 Å². The van der Waals surface area contributed by atoms with Gasteiger partial charge in [-0.05, 0) is 61.0 Å². The molecular formula is C27H24Cl2N6O2. The van der Waals surface area contributed by atoms with Gasteiger partial charge in [-0.15, -0.1) is 0 Å². The maximum absolute atomic E-state index is 13.7. The van der Waals surface area contributed by atoms with E-state index in [0.29, 0.717) is 33.0 Å². The Balaban J connectivity index is 1.52. The van der Waals surface area contributed by atoms with Crippen LogP contribution in [0.2, 0.25) is 10.0 Å². The van der Waals surface area contributed by atoms with Gasteiger partial charge in [0, 0.05) is 32.6 Å². The predicted octanol–water partition coefficient (Wildman–Crippen LogP) is 6.10. The first-order valence-corrected chi connectivity index (χ1v) is 12.4. The number of benzene rings is 3. The molecule has 0 spiro atoms. The maximum atomic E-state index is 13.7. The summed E-state index contributed by atoms with van der Waals surface area (Å²) in [6, 6.07) is 18.0. The van der Waals surface area contributed by atoms with Crippen LogP contribution >= 0.6 is 23.2 Å². The van der Waals surface area contributed by atoms with Crippen LogP contribution in [0.1, 0.15) is 35.2 Å². The molecule has 8 nitrogen and oxygen atoms in total. The molecule has 1 amide bonds. The van der Waals surface area contributed by atoms with Crippen molar-refractivity contribution < 1.29 is 9.53 Å². The van der Waals surface area contributed by atoms with Crippen molar-refractivity contribution >= 4 is 40.7 Å². The standard InChI is InChI=1S/C27H24Cl2N6O2/c1-15-8-11-22(16(2)12-15)31-26(36)24-17(3)30-27-32-33-34-35(27)25(24)20-6-4-5-7-23(20)37-14-18-9-10-19(28)13-21(18)29/h4-13,25H,14H2,1-3H3,(H,31,36)(H,30,32,34). The van der Waals surface area contributed by atoms with E-state index < -0.39 is 6.04 Å². The molecule has 0 bridgehead atoms. The van der Waals surface area contributed by atoms with E-state index in [0.717, 1.165) is 27.9 Å². The van der Waals surface area contributed by atoms with Gasteiger partial charge in [0.2, 0.25) is 5.95 Å². The summed E-state index contributed by atoms with van der Waals surface area (Å²) < 4.78 is 7.80. The number of tetrazole rings is 1. The van der Waals surface area contributed by atoms with E-state index in [-0.39, 0.29) is 12.5 Å². The van der Waals surface area contributed by atoms with Crippen LogP contribution in [0.15, 0.2) is 71.9 Å². The second kappa shape index (κ2) is 10.2. The Morgan fingerprint density at radius 3 is 2.68 bits per heavy atom. The second-order valence-corrected chi connectivity index (χ2v) is 9.69. The van der Waals surface area contributed by atoms with Crippen molar-refractivity contribution in [2.75, 3.05) is 10.6 Å². The Labute approximate surface area is 224 Å². The highest BCUT2D eigenvalue weighted by Gasteiger charge is 2.35. The topological polar surface area (TPSA) is 94.0 Å². The Morgan fingerprint density at radius 1 is 1.08 bits per heavy atom. The molecule has 1 aromatic heterocycles. The molecule has 5 rings (SSSR count). The minimum absolute atomic E-state index is 0.216. The number of anilines is 2. The minimum Gasteiger partial charge on any atom is -0.488 e. The highest BCUT2D eigenvalue weighted by Crippen LogP contribution is 2.39. The van der Waals surface area contributed by atoms with Crippen molar-refractivity contribution in [3.05, 3.63) is 104 Å². The van der Waals surface area contributed by atoms with Gasteiger partial charge in [0.1, 0.15) is 18.4 Å². The molecule has 10 heteroatoms. The van der Waals surface area contributed by atoms with Gasteiger partial charge >= 0.3 is 0 Å². The second-order valence-electron chi connectivity index (χ2n) is 8.85. The molecule has 1 aliphatic rings. The lowest BCUT2D eigenvalue weighted by molar-refractivity contribution is -0.113. The third-order valence-corrected chi connectivity index (χ3v) is 6.79. The first-order valence-electron chi connectivity index (χ1n) is 11.6. The van der Waals surface area contributed by atoms with Crippen molar-refractivity contribution in [2.45, 2.75) is 33.4 Å². The third kappa shape index (κ3) is 5.03. The third-order valence-electron chi connectivity index (χ3n) is 6.20. The van der Waals surface area contributed by atoms with Gasteiger partial charge in [-0.1, -0.05) is 70.3 Å². The Kier molecular flexibility index (Phi) is 6.86. The van der Waals surface area contributed by atoms with Crippen molar-refractivity contribution in [1.29, 1.82) is 0 Å². The van der Waals surface area contributed by atoms with Crippen molar-refractivity contribution in [2.24, 2.45) is 0 Å². The largest absolute Gasteiger partial charge is 0.488 e. The number of carbonyl (C=O) groups is 1. The number of carbonyl (C=O) groups excluding carboxylic acids is 1. The van der Waals surface area contributed by atoms with Crippen LogP contribution in [0.4, 0.5) is 11.6 Å². The number of hydrogen-bond acceptors (Lipinski definition) is 6. The lowest BCUT2D eigenvalue weighted by Crippen LogP contribution is -2.32. The molecule has 37 heavy (non-hydrogen) atoms. The lowest BCUT2D eigenvalue weighted by Gasteiger charge is -2.29. The first-order chi connectivity index (χ1) is 17.8. The zero-order chi connectivity index (χ0) is 26.1. The van der Waals surface area contributed by atoms with Crippen LogP contribution in [0.25, 0.3) is 0 Å². The number of rotatable bonds is 6. The molecule has 0 fully saturated rings. The number of hydrogen-bond donors (Lipinski definition) is 2. The Morgan fingerprint density at radius 2 is 1.89 bits per heavy atom. The molecule has 0 saturated carbocycles. The number of nitrogens with zero attached hydrogens (tertiary/aromatic N) is 4. The summed E-state index contributed by atoms with van der Waals surface area (Å²) in [7, 11) is 0. The monoisotopic (exact) mass is 534 g/mol. The van der Waals surface area contributed by atoms with Crippen molar-refractivity contribution in [3.8, 4) is 5.75 Å². The number of allylic oxidation sites excluding steroid dienone is 1. The van der Waals surface area contributed by atoms with Gasteiger partial charge in [-0.25, -0.2) is 0 Å². The van der Waals surface area contributed by atoms with Crippen LogP contribution in [-0.2, 0) is 11.4 Å². The maximum Gasteiger partial charge on any atom is 0.255 e. The molecule has 2 heterocycles. The van der Waals surface area contributed by atoms with Gasteiger partial charge in [0.15, 0.2) is 0 Å². The minimum atomic E-state index is -0.631. The van der Waals surface area contributed by atoms with Crippen LogP contribution in [0.3, 0.4) is 0 Å². The number of amides is 1. The Bertz CT molecular complexity index is 1530. The highest BCUT2D eigenvalue weighted by molar-refractivity contribution is 6.35. The smallest absolute Gasteiger partial charge is 0.255 e. The summed E-state index contributed by atoms with van der Waals surface area (Å²) in [5.41, 5.74) is 5.46. The molecule has 4 aromatic rings. The van der Waals surface area contributed by atoms with E-state index in [9.17, 15) is 4.79 Å². The van der Waals surface area contributed by atoms with Crippen molar-refractivity contribution in [3.63, 3.8) is 0 Å². The number of aromatic nitrogens is 4. The van der Waals surface area contributed by atoms with Crippen LogP contribution in [0.5, 0.6) is 5.75 Å². The Hall–Kier alpha value is -3.88. The molecule has 3 aromatic carbocycles. The zero-order valence-corrected chi connectivity index (χ0v) is 21.9. The molecule has 2 N–H and O–H groups in total. The van der Waals surface area contributed by atoms with E-state index in [1.165, 1.54) is 0 Å². The lowest BCUT2D eigenvalue weighted by atomic mass is 9.94. The summed E-state index contributed by atoms with van der Waals surface area (Å²) in [6.45, 7) is 6.02. The van der Waals surface area contributed by atoms with Gasteiger partial charge in [0.05, 0.1) is 5.57 Å². The van der Waals surface area contributed by atoms with Gasteiger partial charge in [-0.3, -0.25) is 4.79 Å². The summed E-state index contributed by atoms with van der Waals surface area (Å²) in [5.74, 6) is 0.742. The number of halogens is 2. The predicted molar refractivity (Wildman–Crippen MR) is 144 cm³/mol. The molecule has 188 valence electrons.